The number of hydrogen-bond acceptors (Lipinski definition) is 12. The number of aromatic nitrogens is 2. The third-order valence-corrected chi connectivity index (χ3v) is 10.2. The van der Waals surface area contributed by atoms with Gasteiger partial charge in [0.15, 0.2) is 11.6 Å². The number of carbonyl (C=O) groups excluding carboxylic acids is 4. The van der Waals surface area contributed by atoms with Crippen molar-refractivity contribution in [2.45, 2.75) is 44.7 Å². The number of nitrogens with two attached hydrogens (primary N) is 1. The molecule has 1 atom stereocenters. The molecule has 3 aromatic rings. The van der Waals surface area contributed by atoms with Crippen molar-refractivity contribution in [2.75, 3.05) is 57.2 Å². The van der Waals surface area contributed by atoms with Crippen LogP contribution in [0.25, 0.3) is 11.3 Å². The molecule has 1 aromatic heterocycles. The Morgan fingerprint density at radius 2 is 1.73 bits per heavy atom. The maximum absolute atomic E-state index is 13.0. The van der Waals surface area contributed by atoms with E-state index < -0.39 is 11.9 Å². The van der Waals surface area contributed by atoms with Crippen LogP contribution in [0.15, 0.2) is 48.5 Å². The van der Waals surface area contributed by atoms with Gasteiger partial charge in [-0.15, -0.1) is 10.2 Å². The Bertz CT molecular complexity index is 1830. The standard InChI is InChI=1S/C36H41N7O8/c37-31-29(16-26(41-42-31)23-4-1-2-7-28(23)44)51-21-35-18-36(19-35,20-35)34(48)39-11-13-50-15-14-49-12-10-38-25-6-3-5-22-24(25)17-43(33(22)47)27-8-9-30(45)40-32(27)46/h1-7,16,27,38,44H,8-15,17-21H2,(H2,37,42)(H,39,48)(H,40,45,46). The molecular formula is C36H41N7O8. The van der Waals surface area contributed by atoms with E-state index in [1.165, 1.54) is 4.90 Å². The first-order valence-electron chi connectivity index (χ1n) is 17.2. The van der Waals surface area contributed by atoms with Crippen molar-refractivity contribution in [3.8, 4) is 22.8 Å². The molecular weight excluding hydrogens is 658 g/mol. The number of nitrogens with zero attached hydrogens (tertiary/aromatic N) is 3. The van der Waals surface area contributed by atoms with Gasteiger partial charge >= 0.3 is 0 Å². The fourth-order valence-electron chi connectivity index (χ4n) is 7.70. The zero-order chi connectivity index (χ0) is 35.6. The van der Waals surface area contributed by atoms with Crippen LogP contribution in [0.4, 0.5) is 11.5 Å². The monoisotopic (exact) mass is 699 g/mol. The molecule has 2 aliphatic heterocycles. The minimum Gasteiger partial charge on any atom is -0.507 e. The lowest BCUT2D eigenvalue weighted by Crippen LogP contribution is -2.69. The lowest BCUT2D eigenvalue weighted by atomic mass is 9.35. The number of carbonyl (C=O) groups is 4. The molecule has 51 heavy (non-hydrogen) atoms. The second-order valence-electron chi connectivity index (χ2n) is 13.7. The summed E-state index contributed by atoms with van der Waals surface area (Å²) in [5, 5.41) is 26.9. The van der Waals surface area contributed by atoms with E-state index in [0.29, 0.717) is 81.7 Å². The van der Waals surface area contributed by atoms with Crippen LogP contribution in [-0.2, 0) is 30.4 Å². The lowest BCUT2D eigenvalue weighted by molar-refractivity contribution is -0.217. The Hall–Kier alpha value is -5.28. The summed E-state index contributed by atoms with van der Waals surface area (Å²) >= 11 is 0. The highest BCUT2D eigenvalue weighted by atomic mass is 16.5. The van der Waals surface area contributed by atoms with E-state index in [4.69, 9.17) is 19.9 Å². The maximum atomic E-state index is 13.0. The number of anilines is 2. The van der Waals surface area contributed by atoms with Gasteiger partial charge in [0.05, 0.1) is 38.4 Å². The fourth-order valence-corrected chi connectivity index (χ4v) is 7.70. The molecule has 2 bridgehead atoms. The van der Waals surface area contributed by atoms with Gasteiger partial charge in [-0.3, -0.25) is 24.5 Å². The summed E-state index contributed by atoms with van der Waals surface area (Å²) in [6, 6.07) is 13.3. The van der Waals surface area contributed by atoms with Gasteiger partial charge in [0.2, 0.25) is 17.7 Å². The van der Waals surface area contributed by atoms with Gasteiger partial charge in [-0.1, -0.05) is 18.2 Å². The highest BCUT2D eigenvalue weighted by Gasteiger charge is 2.71. The number of para-hydroxylation sites is 1. The van der Waals surface area contributed by atoms with Crippen molar-refractivity contribution in [3.05, 3.63) is 59.7 Å². The van der Waals surface area contributed by atoms with E-state index >= 15 is 0 Å². The van der Waals surface area contributed by atoms with Gasteiger partial charge < -0.3 is 40.6 Å². The van der Waals surface area contributed by atoms with Gasteiger partial charge in [-0.2, -0.15) is 0 Å². The fraction of sp³-hybridized carbons (Fsp3) is 0.444. The number of phenolic OH excluding ortho intramolecular Hbond substituents is 1. The van der Waals surface area contributed by atoms with Gasteiger partial charge in [0.1, 0.15) is 17.5 Å². The molecule has 3 saturated carbocycles. The van der Waals surface area contributed by atoms with Crippen molar-refractivity contribution in [1.29, 1.82) is 0 Å². The minimum atomic E-state index is -0.654. The van der Waals surface area contributed by atoms with Crippen LogP contribution in [0.3, 0.4) is 0 Å². The first kappa shape index (κ1) is 34.2. The maximum Gasteiger partial charge on any atom is 0.255 e. The number of ether oxygens (including phenoxy) is 3. The molecule has 0 radical (unpaired) electrons. The van der Waals surface area contributed by atoms with Crippen molar-refractivity contribution in [2.24, 2.45) is 10.8 Å². The SMILES string of the molecule is Nc1nnc(-c2ccccc2O)cc1OCC12CC(C(=O)NCCOCCOCCNc3cccc4c3CN(C3CCC(=O)NC3=O)C4=O)(C1)C2. The molecule has 6 N–H and O–H groups in total. The van der Waals surface area contributed by atoms with Crippen molar-refractivity contribution in [1.82, 2.24) is 25.7 Å². The number of piperidine rings is 1. The zero-order valence-corrected chi connectivity index (χ0v) is 28.1. The normalized spacial score (nSPS) is 23.2. The molecule has 4 amide bonds. The number of nitrogen functional groups attached to an aromatic ring is 1. The summed E-state index contributed by atoms with van der Waals surface area (Å²) in [6.45, 7) is 3.22. The van der Waals surface area contributed by atoms with Crippen LogP contribution in [0.2, 0.25) is 0 Å². The van der Waals surface area contributed by atoms with Crippen LogP contribution in [0.1, 0.15) is 48.0 Å². The Labute approximate surface area is 294 Å². The van der Waals surface area contributed by atoms with Gasteiger partial charge in [0.25, 0.3) is 5.91 Å². The molecule has 15 heteroatoms. The third-order valence-electron chi connectivity index (χ3n) is 10.2. The van der Waals surface area contributed by atoms with Crippen molar-refractivity contribution >= 4 is 35.1 Å². The molecule has 5 aliphatic rings. The number of nitrogens with one attached hydrogen (secondary N) is 3. The number of benzene rings is 2. The van der Waals surface area contributed by atoms with E-state index in [9.17, 15) is 24.3 Å². The quantitative estimate of drug-likeness (QED) is 0.108. The first-order chi connectivity index (χ1) is 24.7. The molecule has 3 aliphatic carbocycles. The van der Waals surface area contributed by atoms with Crippen molar-refractivity contribution in [3.63, 3.8) is 0 Å². The molecule has 0 spiro atoms. The number of hydrogen-bond donors (Lipinski definition) is 5. The summed E-state index contributed by atoms with van der Waals surface area (Å²) in [4.78, 5) is 51.3. The molecule has 1 saturated heterocycles. The third kappa shape index (κ3) is 6.90. The molecule has 1 unspecified atom stereocenters. The number of phenols is 1. The molecule has 8 rings (SSSR count). The average molecular weight is 700 g/mol. The van der Waals surface area contributed by atoms with Gasteiger partial charge in [-0.05, 0) is 49.9 Å². The first-order valence-corrected chi connectivity index (χ1v) is 17.2. The van der Waals surface area contributed by atoms with E-state index in [1.807, 2.05) is 6.07 Å². The Morgan fingerprint density at radius 3 is 2.49 bits per heavy atom. The highest BCUT2D eigenvalue weighted by molar-refractivity contribution is 6.06. The van der Waals surface area contributed by atoms with Crippen LogP contribution in [0.5, 0.6) is 11.5 Å². The number of imide groups is 1. The number of fused-ring (bicyclic) bond motifs is 1. The van der Waals surface area contributed by atoms with Crippen LogP contribution in [-0.4, -0.2) is 96.0 Å². The molecule has 268 valence electrons. The topological polar surface area (TPSA) is 207 Å². The average Bonchev–Trinajstić information content (AvgIpc) is 3.41. The molecule has 3 heterocycles. The molecule has 4 fully saturated rings. The molecule has 2 aromatic carbocycles. The number of aromatic hydroxyl groups is 1. The zero-order valence-electron chi connectivity index (χ0n) is 28.1. The van der Waals surface area contributed by atoms with Gasteiger partial charge in [0, 0.05) is 59.9 Å². The minimum absolute atomic E-state index is 0.0385. The Kier molecular flexibility index (Phi) is 9.48. The summed E-state index contributed by atoms with van der Waals surface area (Å²) in [5.74, 6) is -0.248. The van der Waals surface area contributed by atoms with Crippen LogP contribution < -0.4 is 26.4 Å². The number of rotatable bonds is 16. The number of amides is 4. The van der Waals surface area contributed by atoms with Crippen LogP contribution in [0, 0.1) is 10.8 Å². The van der Waals surface area contributed by atoms with Gasteiger partial charge in [-0.25, -0.2) is 0 Å². The van der Waals surface area contributed by atoms with E-state index in [0.717, 1.165) is 30.5 Å². The second kappa shape index (κ2) is 14.2. The lowest BCUT2D eigenvalue weighted by Gasteiger charge is -2.68. The second-order valence-corrected chi connectivity index (χ2v) is 13.7. The Balaban J connectivity index is 0.748. The predicted octanol–water partition coefficient (Wildman–Crippen LogP) is 2.00. The van der Waals surface area contributed by atoms with E-state index in [2.05, 4.69) is 26.1 Å². The summed E-state index contributed by atoms with van der Waals surface area (Å²) < 4.78 is 17.4. The summed E-state index contributed by atoms with van der Waals surface area (Å²) in [7, 11) is 0. The van der Waals surface area contributed by atoms with Crippen LogP contribution >= 0.6 is 0 Å². The van der Waals surface area contributed by atoms with E-state index in [1.54, 1.807) is 42.5 Å². The smallest absolute Gasteiger partial charge is 0.255 e. The summed E-state index contributed by atoms with van der Waals surface area (Å²) in [6.07, 6.45) is 2.78. The molecule has 15 nitrogen and oxygen atoms in total. The largest absolute Gasteiger partial charge is 0.507 e. The van der Waals surface area contributed by atoms with Crippen molar-refractivity contribution < 1.29 is 38.5 Å². The highest BCUT2D eigenvalue weighted by Crippen LogP contribution is 2.73. The Morgan fingerprint density at radius 1 is 0.980 bits per heavy atom. The predicted molar refractivity (Wildman–Crippen MR) is 183 cm³/mol. The summed E-state index contributed by atoms with van der Waals surface area (Å²) in [5.41, 5.74) is 8.78. The van der Waals surface area contributed by atoms with E-state index in [-0.39, 0.29) is 46.5 Å².